The van der Waals surface area contributed by atoms with Gasteiger partial charge in [-0.25, -0.2) is 4.79 Å². The van der Waals surface area contributed by atoms with Crippen LogP contribution in [0, 0.1) is 0 Å². The van der Waals surface area contributed by atoms with Gasteiger partial charge < -0.3 is 15.8 Å². The van der Waals surface area contributed by atoms with Gasteiger partial charge in [0.2, 0.25) is 0 Å². The van der Waals surface area contributed by atoms with Crippen molar-refractivity contribution >= 4 is 17.4 Å². The number of ether oxygens (including phenoxy) is 1. The fourth-order valence-electron chi connectivity index (χ4n) is 1.59. The second-order valence-corrected chi connectivity index (χ2v) is 3.31. The number of carbonyl (C=O) groups excluding carboxylic acids is 1. The molecule has 1 aliphatic rings. The van der Waals surface area contributed by atoms with Crippen LogP contribution in [-0.2, 0) is 0 Å². The Hall–Kier alpha value is -1.91. The van der Waals surface area contributed by atoms with Crippen LogP contribution in [0.2, 0.25) is 0 Å². The summed E-state index contributed by atoms with van der Waals surface area (Å²) in [5, 5.41) is 2.74. The number of nitrogens with one attached hydrogen (secondary N) is 1. The van der Waals surface area contributed by atoms with Gasteiger partial charge in [0.1, 0.15) is 5.75 Å². The highest BCUT2D eigenvalue weighted by molar-refractivity contribution is 5.94. The van der Waals surface area contributed by atoms with Crippen LogP contribution < -0.4 is 20.7 Å². The lowest BCUT2D eigenvalue weighted by Gasteiger charge is -2.15. The minimum Gasteiger partial charge on any atom is -0.495 e. The van der Waals surface area contributed by atoms with E-state index in [1.54, 1.807) is 24.1 Å². The summed E-state index contributed by atoms with van der Waals surface area (Å²) in [7, 11) is 1.56. The second-order valence-electron chi connectivity index (χ2n) is 3.31. The molecule has 2 amide bonds. The number of urea groups is 1. The zero-order valence-electron chi connectivity index (χ0n) is 8.49. The Kier molecular flexibility index (Phi) is 2.37. The molecule has 0 radical (unpaired) electrons. The number of rotatable bonds is 2. The third-order valence-electron chi connectivity index (χ3n) is 2.39. The van der Waals surface area contributed by atoms with Crippen LogP contribution in [0.4, 0.5) is 16.2 Å². The SMILES string of the molecule is COc1cc(N2CCNC2=O)ccc1N. The van der Waals surface area contributed by atoms with Gasteiger partial charge in [0.15, 0.2) is 0 Å². The molecule has 3 N–H and O–H groups in total. The zero-order valence-corrected chi connectivity index (χ0v) is 8.49. The first-order valence-corrected chi connectivity index (χ1v) is 4.71. The molecule has 0 spiro atoms. The van der Waals surface area contributed by atoms with Crippen LogP contribution in [0.3, 0.4) is 0 Å². The third-order valence-corrected chi connectivity index (χ3v) is 2.39. The second kappa shape index (κ2) is 3.68. The van der Waals surface area contributed by atoms with E-state index in [2.05, 4.69) is 5.32 Å². The number of carbonyl (C=O) groups is 1. The standard InChI is InChI=1S/C10H13N3O2/c1-15-9-6-7(2-3-8(9)11)13-5-4-12-10(13)14/h2-3,6H,4-5,11H2,1H3,(H,12,14). The Morgan fingerprint density at radius 1 is 1.53 bits per heavy atom. The maximum absolute atomic E-state index is 11.4. The molecule has 5 nitrogen and oxygen atoms in total. The van der Waals surface area contributed by atoms with Crippen LogP contribution >= 0.6 is 0 Å². The number of nitrogen functional groups attached to an aromatic ring is 1. The first-order valence-electron chi connectivity index (χ1n) is 4.71. The Morgan fingerprint density at radius 3 is 2.93 bits per heavy atom. The molecular weight excluding hydrogens is 194 g/mol. The highest BCUT2D eigenvalue weighted by atomic mass is 16.5. The van der Waals surface area contributed by atoms with Crippen LogP contribution in [0.1, 0.15) is 0 Å². The Balaban J connectivity index is 2.32. The quantitative estimate of drug-likeness (QED) is 0.705. The molecule has 2 rings (SSSR count). The highest BCUT2D eigenvalue weighted by Crippen LogP contribution is 2.27. The van der Waals surface area contributed by atoms with Gasteiger partial charge in [0, 0.05) is 24.8 Å². The summed E-state index contributed by atoms with van der Waals surface area (Å²) in [6, 6.07) is 5.23. The van der Waals surface area contributed by atoms with E-state index in [-0.39, 0.29) is 6.03 Å². The lowest BCUT2D eigenvalue weighted by atomic mass is 10.2. The van der Waals surface area contributed by atoms with E-state index in [1.807, 2.05) is 6.07 Å². The van der Waals surface area contributed by atoms with Crippen LogP contribution in [0.15, 0.2) is 18.2 Å². The molecule has 15 heavy (non-hydrogen) atoms. The number of methoxy groups -OCH3 is 1. The first kappa shape index (κ1) is 9.64. The number of benzene rings is 1. The number of nitrogens with two attached hydrogens (primary N) is 1. The molecule has 1 heterocycles. The van der Waals surface area contributed by atoms with Crippen molar-refractivity contribution < 1.29 is 9.53 Å². The van der Waals surface area contributed by atoms with Crippen LogP contribution in [0.5, 0.6) is 5.75 Å². The zero-order chi connectivity index (χ0) is 10.8. The third kappa shape index (κ3) is 1.68. The Bertz CT molecular complexity index is 392. The van der Waals surface area contributed by atoms with Crippen molar-refractivity contribution in [3.05, 3.63) is 18.2 Å². The summed E-state index contributed by atoms with van der Waals surface area (Å²) >= 11 is 0. The van der Waals surface area contributed by atoms with E-state index in [4.69, 9.17) is 10.5 Å². The molecule has 0 bridgehead atoms. The average molecular weight is 207 g/mol. The average Bonchev–Trinajstić information content (AvgIpc) is 2.65. The molecule has 0 atom stereocenters. The van der Waals surface area contributed by atoms with Gasteiger partial charge in [-0.3, -0.25) is 4.90 Å². The van der Waals surface area contributed by atoms with E-state index >= 15 is 0 Å². The monoisotopic (exact) mass is 207 g/mol. The number of anilines is 2. The van der Waals surface area contributed by atoms with E-state index in [9.17, 15) is 4.79 Å². The molecule has 5 heteroatoms. The maximum Gasteiger partial charge on any atom is 0.321 e. The minimum absolute atomic E-state index is 0.0816. The summed E-state index contributed by atoms with van der Waals surface area (Å²) in [6.07, 6.45) is 0. The number of amides is 2. The van der Waals surface area contributed by atoms with Gasteiger partial charge in [-0.1, -0.05) is 0 Å². The predicted molar refractivity (Wildman–Crippen MR) is 58.2 cm³/mol. The molecule has 1 saturated heterocycles. The lowest BCUT2D eigenvalue weighted by Crippen LogP contribution is -2.27. The van der Waals surface area contributed by atoms with Gasteiger partial charge in [0.05, 0.1) is 12.8 Å². The number of hydrogen-bond acceptors (Lipinski definition) is 3. The van der Waals surface area contributed by atoms with Crippen molar-refractivity contribution in [2.75, 3.05) is 30.8 Å². The summed E-state index contributed by atoms with van der Waals surface area (Å²) in [5.74, 6) is 0.590. The van der Waals surface area contributed by atoms with Crippen molar-refractivity contribution in [1.29, 1.82) is 0 Å². The Morgan fingerprint density at radius 2 is 2.33 bits per heavy atom. The van der Waals surface area contributed by atoms with E-state index in [0.29, 0.717) is 24.5 Å². The number of hydrogen-bond donors (Lipinski definition) is 2. The molecule has 1 aromatic carbocycles. The normalized spacial score (nSPS) is 15.3. The number of nitrogens with zero attached hydrogens (tertiary/aromatic N) is 1. The summed E-state index contributed by atoms with van der Waals surface area (Å²) in [5.41, 5.74) is 7.06. The highest BCUT2D eigenvalue weighted by Gasteiger charge is 2.21. The molecule has 1 aliphatic heterocycles. The van der Waals surface area contributed by atoms with Gasteiger partial charge in [0.25, 0.3) is 0 Å². The fraction of sp³-hybridized carbons (Fsp3) is 0.300. The maximum atomic E-state index is 11.4. The summed E-state index contributed by atoms with van der Waals surface area (Å²) < 4.78 is 5.10. The molecule has 0 aliphatic carbocycles. The topological polar surface area (TPSA) is 67.6 Å². The van der Waals surface area contributed by atoms with Crippen molar-refractivity contribution in [2.24, 2.45) is 0 Å². The van der Waals surface area contributed by atoms with Gasteiger partial charge in [-0.15, -0.1) is 0 Å². The van der Waals surface area contributed by atoms with E-state index < -0.39 is 0 Å². The van der Waals surface area contributed by atoms with Crippen molar-refractivity contribution in [3.8, 4) is 5.75 Å². The van der Waals surface area contributed by atoms with Crippen LogP contribution in [-0.4, -0.2) is 26.2 Å². The molecule has 1 aromatic rings. The predicted octanol–water partition coefficient (Wildman–Crippen LogP) is 0.807. The largest absolute Gasteiger partial charge is 0.495 e. The lowest BCUT2D eigenvalue weighted by molar-refractivity contribution is 0.252. The molecule has 80 valence electrons. The summed E-state index contributed by atoms with van der Waals surface area (Å²) in [4.78, 5) is 13.1. The van der Waals surface area contributed by atoms with Crippen molar-refractivity contribution in [3.63, 3.8) is 0 Å². The van der Waals surface area contributed by atoms with E-state index in [0.717, 1.165) is 5.69 Å². The van der Waals surface area contributed by atoms with Crippen molar-refractivity contribution in [2.45, 2.75) is 0 Å². The van der Waals surface area contributed by atoms with Crippen molar-refractivity contribution in [1.82, 2.24) is 5.32 Å². The van der Waals surface area contributed by atoms with Gasteiger partial charge in [-0.2, -0.15) is 0 Å². The Labute approximate surface area is 87.8 Å². The molecule has 1 fully saturated rings. The molecule has 0 unspecified atom stereocenters. The molecule has 0 aromatic heterocycles. The molecular formula is C10H13N3O2. The smallest absolute Gasteiger partial charge is 0.321 e. The fourth-order valence-corrected chi connectivity index (χ4v) is 1.59. The van der Waals surface area contributed by atoms with Gasteiger partial charge in [-0.05, 0) is 12.1 Å². The minimum atomic E-state index is -0.0816. The van der Waals surface area contributed by atoms with Crippen LogP contribution in [0.25, 0.3) is 0 Å². The summed E-state index contributed by atoms with van der Waals surface area (Å²) in [6.45, 7) is 1.34. The molecule has 0 saturated carbocycles. The van der Waals surface area contributed by atoms with E-state index in [1.165, 1.54) is 0 Å². The first-order chi connectivity index (χ1) is 7.22. The van der Waals surface area contributed by atoms with Gasteiger partial charge >= 0.3 is 6.03 Å².